The second-order valence-corrected chi connectivity index (χ2v) is 16.2. The summed E-state index contributed by atoms with van der Waals surface area (Å²) in [6.07, 6.45) is 3.70. The number of carbonyl (C=O) groups excluding carboxylic acids is 8. The van der Waals surface area contributed by atoms with Crippen molar-refractivity contribution in [3.63, 3.8) is 0 Å². The molecule has 0 radical (unpaired) electrons. The van der Waals surface area contributed by atoms with Gasteiger partial charge in [-0.25, -0.2) is 19.2 Å². The number of rotatable bonds is 16. The maximum Gasteiger partial charge on any atom is 0.329 e. The summed E-state index contributed by atoms with van der Waals surface area (Å²) in [6.45, 7) is 13.7. The highest BCUT2D eigenvalue weighted by molar-refractivity contribution is 5.94. The van der Waals surface area contributed by atoms with E-state index < -0.39 is 96.1 Å². The molecule has 16 nitrogen and oxygen atoms in total. The minimum absolute atomic E-state index is 0.145. The lowest BCUT2D eigenvalue weighted by atomic mass is 10.1. The molecule has 0 unspecified atom stereocenters. The molecule has 0 aromatic carbocycles. The number of unbranched alkanes of at least 4 members (excludes halogenated alkanes) is 8. The van der Waals surface area contributed by atoms with Gasteiger partial charge in [-0.3, -0.25) is 19.2 Å². The molecule has 1 aliphatic rings. The van der Waals surface area contributed by atoms with Crippen molar-refractivity contribution in [3.05, 3.63) is 0 Å². The maximum atomic E-state index is 14.0. The zero-order chi connectivity index (χ0) is 45.7. The van der Waals surface area contributed by atoms with Crippen LogP contribution in [-0.4, -0.2) is 144 Å². The van der Waals surface area contributed by atoms with E-state index in [1.807, 2.05) is 27.7 Å². The molecule has 1 rings (SSSR count). The highest BCUT2D eigenvalue weighted by atomic mass is 16.6. The second kappa shape index (κ2) is 27.6. The maximum absolute atomic E-state index is 14.0. The van der Waals surface area contributed by atoms with Gasteiger partial charge in [0.2, 0.25) is 0 Å². The Morgan fingerprint density at radius 3 is 0.650 bits per heavy atom. The van der Waals surface area contributed by atoms with E-state index in [0.717, 1.165) is 71.0 Å². The molecule has 1 aliphatic heterocycles. The lowest BCUT2D eigenvalue weighted by Gasteiger charge is -2.33. The van der Waals surface area contributed by atoms with E-state index >= 15 is 0 Å². The molecule has 1 heterocycles. The van der Waals surface area contributed by atoms with Crippen molar-refractivity contribution in [2.45, 2.75) is 207 Å². The molecule has 1 fully saturated rings. The molecule has 0 aromatic rings. The topological polar surface area (TPSA) is 186 Å². The van der Waals surface area contributed by atoms with Gasteiger partial charge in [-0.1, -0.05) is 79.1 Å². The Morgan fingerprint density at radius 1 is 0.333 bits per heavy atom. The van der Waals surface area contributed by atoms with Gasteiger partial charge in [0.1, 0.15) is 24.2 Å². The number of amides is 4. The van der Waals surface area contributed by atoms with Gasteiger partial charge in [-0.05, 0) is 79.1 Å². The van der Waals surface area contributed by atoms with Crippen LogP contribution in [0, 0.1) is 0 Å². The number of cyclic esters (lactones) is 4. The van der Waals surface area contributed by atoms with Gasteiger partial charge >= 0.3 is 23.9 Å². The Kier molecular flexibility index (Phi) is 24.7. The third-order valence-electron chi connectivity index (χ3n) is 11.5. The summed E-state index contributed by atoms with van der Waals surface area (Å²) in [5.74, 6) is -6.19. The lowest BCUT2D eigenvalue weighted by Crippen LogP contribution is -2.53. The summed E-state index contributed by atoms with van der Waals surface area (Å²) in [5, 5.41) is 0. The van der Waals surface area contributed by atoms with Crippen LogP contribution < -0.4 is 0 Å². The third-order valence-corrected chi connectivity index (χ3v) is 11.5. The van der Waals surface area contributed by atoms with Crippen LogP contribution in [-0.2, 0) is 57.3 Å². The number of likely N-dealkylation sites (N-methyl/N-ethyl adjacent to an activating group) is 4. The fourth-order valence-electron chi connectivity index (χ4n) is 6.51. The Labute approximate surface area is 358 Å². The minimum atomic E-state index is -1.31. The number of carbonyl (C=O) groups is 8. The summed E-state index contributed by atoms with van der Waals surface area (Å²) in [5.41, 5.74) is 0. The molecule has 4 amide bonds. The molecular formula is C44H76N4O12. The number of hydrogen-bond acceptors (Lipinski definition) is 12. The largest absolute Gasteiger partial charge is 0.451 e. The fraction of sp³-hybridized carbons (Fsp3) is 0.818. The Bertz CT molecular complexity index is 1220. The Hall–Kier alpha value is -4.24. The van der Waals surface area contributed by atoms with Crippen molar-refractivity contribution < 1.29 is 57.3 Å². The van der Waals surface area contributed by atoms with Crippen molar-refractivity contribution in [2.75, 3.05) is 28.2 Å². The Morgan fingerprint density at radius 2 is 0.500 bits per heavy atom. The highest BCUT2D eigenvalue weighted by Crippen LogP contribution is 2.21. The van der Waals surface area contributed by atoms with E-state index in [4.69, 9.17) is 18.9 Å². The van der Waals surface area contributed by atoms with Gasteiger partial charge in [-0.2, -0.15) is 0 Å². The van der Waals surface area contributed by atoms with Gasteiger partial charge in [0.15, 0.2) is 24.4 Å². The van der Waals surface area contributed by atoms with Crippen LogP contribution in [0.15, 0.2) is 0 Å². The predicted molar refractivity (Wildman–Crippen MR) is 225 cm³/mol. The summed E-state index contributed by atoms with van der Waals surface area (Å²) < 4.78 is 23.1. The van der Waals surface area contributed by atoms with E-state index in [9.17, 15) is 38.4 Å². The molecule has 0 saturated carbocycles. The first kappa shape index (κ1) is 53.8. The fourth-order valence-corrected chi connectivity index (χ4v) is 6.51. The van der Waals surface area contributed by atoms with Crippen LogP contribution in [0.25, 0.3) is 0 Å². The van der Waals surface area contributed by atoms with Gasteiger partial charge < -0.3 is 38.5 Å². The molecule has 0 N–H and O–H groups in total. The van der Waals surface area contributed by atoms with Crippen LogP contribution in [0.3, 0.4) is 0 Å². The molecule has 0 bridgehead atoms. The first-order valence-electron chi connectivity index (χ1n) is 22.2. The monoisotopic (exact) mass is 853 g/mol. The number of nitrogens with zero attached hydrogens (tertiary/aromatic N) is 4. The molecule has 0 aliphatic carbocycles. The SMILES string of the molecule is CCCCC[C@@H]1OC(=O)[C@@H](C)N(C)C(=O)[C@H](CCCCC)OC(=O)[C@@H](C)N(C)C(=O)[C@H](CCCCC)OC(=O)[C@@H](C)N(C)C(=O)[C@H](CCCCC)OC(=O)[C@@H](C)N(C)C1=O. The predicted octanol–water partition coefficient (Wildman–Crippen LogP) is 5.36. The normalized spacial score (nSPS) is 26.7. The summed E-state index contributed by atoms with van der Waals surface area (Å²) >= 11 is 0. The quantitative estimate of drug-likeness (QED) is 0.110. The third kappa shape index (κ3) is 16.3. The van der Waals surface area contributed by atoms with Crippen molar-refractivity contribution in [1.82, 2.24) is 19.6 Å². The summed E-state index contributed by atoms with van der Waals surface area (Å²) in [7, 11) is 5.51. The molecule has 0 aromatic heterocycles. The van der Waals surface area contributed by atoms with Crippen molar-refractivity contribution in [1.29, 1.82) is 0 Å². The molecule has 0 spiro atoms. The number of esters is 4. The van der Waals surface area contributed by atoms with E-state index in [1.165, 1.54) is 55.9 Å². The summed E-state index contributed by atoms with van der Waals surface area (Å²) in [4.78, 5) is 115. The highest BCUT2D eigenvalue weighted by Gasteiger charge is 2.40. The molecular weight excluding hydrogens is 776 g/mol. The molecule has 60 heavy (non-hydrogen) atoms. The van der Waals surface area contributed by atoms with Crippen molar-refractivity contribution >= 4 is 47.5 Å². The lowest BCUT2D eigenvalue weighted by molar-refractivity contribution is -0.176. The van der Waals surface area contributed by atoms with E-state index in [-0.39, 0.29) is 25.7 Å². The van der Waals surface area contributed by atoms with Crippen LogP contribution in [0.5, 0.6) is 0 Å². The molecule has 344 valence electrons. The Balaban J connectivity index is 3.81. The van der Waals surface area contributed by atoms with Gasteiger partial charge in [0.05, 0.1) is 0 Å². The van der Waals surface area contributed by atoms with Crippen LogP contribution in [0.1, 0.15) is 158 Å². The first-order valence-corrected chi connectivity index (χ1v) is 22.2. The van der Waals surface area contributed by atoms with E-state index in [0.29, 0.717) is 25.7 Å². The van der Waals surface area contributed by atoms with Crippen LogP contribution in [0.2, 0.25) is 0 Å². The van der Waals surface area contributed by atoms with Gasteiger partial charge in [0, 0.05) is 28.2 Å². The standard InChI is InChI=1S/C44H76N4O12/c1-13-17-21-25-33-37(49)45(9)30(6)42(54)58-35(27-23-19-15-3)39(51)47(11)32(8)44(56)60-36(28-24-20-16-4)40(52)48(12)31(7)43(55)59-34(26-22-18-14-2)38(50)46(10)29(5)41(53)57-33/h29-36H,13-28H2,1-12H3/t29-,30-,31-,32-,33+,34+,35+,36+/m1/s1. The average Bonchev–Trinajstić information content (AvgIpc) is 3.23. The summed E-state index contributed by atoms with van der Waals surface area (Å²) in [6, 6.07) is -4.84. The zero-order valence-corrected chi connectivity index (χ0v) is 38.6. The van der Waals surface area contributed by atoms with Crippen molar-refractivity contribution in [2.24, 2.45) is 0 Å². The minimum Gasteiger partial charge on any atom is -0.451 e. The van der Waals surface area contributed by atoms with Crippen LogP contribution >= 0.6 is 0 Å². The molecule has 16 heteroatoms. The molecule has 8 atom stereocenters. The zero-order valence-electron chi connectivity index (χ0n) is 38.6. The smallest absolute Gasteiger partial charge is 0.329 e. The van der Waals surface area contributed by atoms with Crippen LogP contribution in [0.4, 0.5) is 0 Å². The van der Waals surface area contributed by atoms with Gasteiger partial charge in [0.25, 0.3) is 23.6 Å². The van der Waals surface area contributed by atoms with E-state index in [1.54, 1.807) is 0 Å². The van der Waals surface area contributed by atoms with Crippen molar-refractivity contribution in [3.8, 4) is 0 Å². The van der Waals surface area contributed by atoms with Gasteiger partial charge in [-0.15, -0.1) is 0 Å². The second-order valence-electron chi connectivity index (χ2n) is 16.2. The first-order chi connectivity index (χ1) is 28.3. The molecule has 1 saturated heterocycles. The average molecular weight is 853 g/mol. The van der Waals surface area contributed by atoms with E-state index in [2.05, 4.69) is 0 Å². The number of ether oxygens (including phenoxy) is 4. The number of hydrogen-bond donors (Lipinski definition) is 0.